The summed E-state index contributed by atoms with van der Waals surface area (Å²) in [5.41, 5.74) is 4.15. The van der Waals surface area contributed by atoms with Crippen molar-refractivity contribution >= 4 is 17.6 Å². The maximum absolute atomic E-state index is 4.60. The van der Waals surface area contributed by atoms with Crippen LogP contribution in [0.1, 0.15) is 11.3 Å². The van der Waals surface area contributed by atoms with Crippen molar-refractivity contribution in [3.05, 3.63) is 82.8 Å². The molecule has 0 saturated carbocycles. The Morgan fingerprint density at radius 1 is 1.21 bits per heavy atom. The highest BCUT2D eigenvalue weighted by molar-refractivity contribution is 7.07. The topological polar surface area (TPSA) is 42.5 Å². The zero-order valence-electron chi connectivity index (χ0n) is 13.5. The fraction of sp³-hybridized carbons (Fsp3) is 0.105. The number of rotatable bonds is 5. The minimum atomic E-state index is 0.562. The van der Waals surface area contributed by atoms with Gasteiger partial charge in [-0.05, 0) is 19.1 Å². The number of hydrogen-bond acceptors (Lipinski definition) is 4. The summed E-state index contributed by atoms with van der Waals surface area (Å²) in [6, 6.07) is 14.1. The number of hydrogen-bond donors (Lipinski definition) is 0. The largest absolute Gasteiger partial charge is 0.255 e. The van der Waals surface area contributed by atoms with Gasteiger partial charge < -0.3 is 0 Å². The first kappa shape index (κ1) is 16.1. The molecule has 120 valence electrons. The quantitative estimate of drug-likeness (QED) is 0.515. The van der Waals surface area contributed by atoms with Crippen molar-refractivity contribution in [2.24, 2.45) is 10.1 Å². The van der Waals surface area contributed by atoms with E-state index < -0.39 is 0 Å². The van der Waals surface area contributed by atoms with Crippen LogP contribution in [0.3, 0.4) is 0 Å². The van der Waals surface area contributed by atoms with Crippen LogP contribution >= 0.6 is 11.3 Å². The van der Waals surface area contributed by atoms with Crippen molar-refractivity contribution in [3.8, 4) is 11.3 Å². The summed E-state index contributed by atoms with van der Waals surface area (Å²) in [6.45, 7) is 6.37. The average Bonchev–Trinajstić information content (AvgIpc) is 3.02. The molecule has 0 radical (unpaired) electrons. The van der Waals surface area contributed by atoms with Crippen molar-refractivity contribution < 1.29 is 0 Å². The van der Waals surface area contributed by atoms with Crippen LogP contribution in [0, 0.1) is 6.92 Å². The number of pyridine rings is 1. The van der Waals surface area contributed by atoms with E-state index in [2.05, 4.69) is 58.2 Å². The molecule has 0 fully saturated rings. The molecule has 0 spiro atoms. The predicted molar refractivity (Wildman–Crippen MR) is 100 cm³/mol. The van der Waals surface area contributed by atoms with E-state index in [1.165, 1.54) is 5.56 Å². The summed E-state index contributed by atoms with van der Waals surface area (Å²) < 4.78 is 1.85. The first-order valence-electron chi connectivity index (χ1n) is 7.62. The molecule has 5 heteroatoms. The third-order valence-electron chi connectivity index (χ3n) is 3.38. The van der Waals surface area contributed by atoms with Gasteiger partial charge in [-0.15, -0.1) is 17.9 Å². The number of aromatic nitrogens is 2. The molecule has 2 heterocycles. The van der Waals surface area contributed by atoms with Gasteiger partial charge in [0.1, 0.15) is 0 Å². The third-order valence-corrected chi connectivity index (χ3v) is 4.24. The van der Waals surface area contributed by atoms with Crippen LogP contribution < -0.4 is 4.80 Å². The van der Waals surface area contributed by atoms with Crippen molar-refractivity contribution in [1.29, 1.82) is 0 Å². The lowest BCUT2D eigenvalue weighted by Crippen LogP contribution is -2.12. The number of aryl methyl sites for hydroxylation is 1. The maximum atomic E-state index is 4.60. The van der Waals surface area contributed by atoms with Gasteiger partial charge in [0.2, 0.25) is 4.80 Å². The van der Waals surface area contributed by atoms with Crippen LogP contribution in [0.4, 0.5) is 0 Å². The van der Waals surface area contributed by atoms with Crippen molar-refractivity contribution in [2.45, 2.75) is 6.92 Å². The Bertz CT molecular complexity index is 903. The molecule has 0 unspecified atom stereocenters. The maximum Gasteiger partial charge on any atom is 0.206 e. The standard InChI is InChI=1S/C19H18N4S/c1-3-11-21-19-23(22-13-17-6-4-5-12-20-17)18(14-24-19)16-9-7-15(2)8-10-16/h3-10,12-14H,1,11H2,2H3/b21-19?,22-13-. The van der Waals surface area contributed by atoms with Crippen LogP contribution in [-0.2, 0) is 0 Å². The first-order chi connectivity index (χ1) is 11.8. The Morgan fingerprint density at radius 2 is 2.04 bits per heavy atom. The summed E-state index contributed by atoms with van der Waals surface area (Å²) in [5.74, 6) is 0. The molecule has 0 saturated heterocycles. The highest BCUT2D eigenvalue weighted by Gasteiger charge is 2.07. The molecule has 0 N–H and O–H groups in total. The van der Waals surface area contributed by atoms with E-state index in [1.54, 1.807) is 29.8 Å². The summed E-state index contributed by atoms with van der Waals surface area (Å²) in [6.07, 6.45) is 5.28. The summed E-state index contributed by atoms with van der Waals surface area (Å²) in [7, 11) is 0. The number of nitrogens with zero attached hydrogens (tertiary/aromatic N) is 4. The highest BCUT2D eigenvalue weighted by Crippen LogP contribution is 2.20. The lowest BCUT2D eigenvalue weighted by molar-refractivity contribution is 0.839. The average molecular weight is 334 g/mol. The van der Waals surface area contributed by atoms with E-state index in [1.807, 2.05) is 22.9 Å². The van der Waals surface area contributed by atoms with Crippen LogP contribution in [0.2, 0.25) is 0 Å². The fourth-order valence-electron chi connectivity index (χ4n) is 2.15. The SMILES string of the molecule is C=CCN=c1scc(-c2ccc(C)cc2)n1/N=C\c1ccccn1. The van der Waals surface area contributed by atoms with E-state index in [-0.39, 0.29) is 0 Å². The van der Waals surface area contributed by atoms with Gasteiger partial charge in [0.25, 0.3) is 0 Å². The van der Waals surface area contributed by atoms with Gasteiger partial charge in [0.15, 0.2) is 0 Å². The molecule has 2 aromatic heterocycles. The van der Waals surface area contributed by atoms with Gasteiger partial charge in [-0.25, -0.2) is 4.68 Å². The van der Waals surface area contributed by atoms with E-state index in [4.69, 9.17) is 0 Å². The predicted octanol–water partition coefficient (Wildman–Crippen LogP) is 3.89. The van der Waals surface area contributed by atoms with Crippen LogP contribution in [0.5, 0.6) is 0 Å². The molecule has 0 amide bonds. The molecule has 3 aromatic rings. The molecule has 0 aliphatic carbocycles. The number of benzene rings is 1. The molecule has 3 rings (SSSR count). The van der Waals surface area contributed by atoms with E-state index in [9.17, 15) is 0 Å². The highest BCUT2D eigenvalue weighted by atomic mass is 32.1. The van der Waals surface area contributed by atoms with Crippen molar-refractivity contribution in [1.82, 2.24) is 9.66 Å². The smallest absolute Gasteiger partial charge is 0.206 e. The minimum absolute atomic E-state index is 0.562. The Hall–Kier alpha value is -2.79. The normalized spacial score (nSPS) is 12.0. The lowest BCUT2D eigenvalue weighted by atomic mass is 10.1. The molecule has 0 aliphatic heterocycles. The summed E-state index contributed by atoms with van der Waals surface area (Å²) in [4.78, 5) is 9.64. The van der Waals surface area contributed by atoms with E-state index >= 15 is 0 Å². The van der Waals surface area contributed by atoms with Crippen LogP contribution in [-0.4, -0.2) is 22.4 Å². The van der Waals surface area contributed by atoms with E-state index in [0.717, 1.165) is 21.8 Å². The summed E-state index contributed by atoms with van der Waals surface area (Å²) >= 11 is 1.56. The first-order valence-corrected chi connectivity index (χ1v) is 8.50. The van der Waals surface area contributed by atoms with Gasteiger partial charge in [0, 0.05) is 17.1 Å². The second-order valence-electron chi connectivity index (χ2n) is 5.21. The summed E-state index contributed by atoms with van der Waals surface area (Å²) in [5, 5.41) is 6.67. The Kier molecular flexibility index (Phi) is 5.13. The molecule has 1 aromatic carbocycles. The second kappa shape index (κ2) is 7.66. The molecule has 0 atom stereocenters. The third kappa shape index (κ3) is 3.75. The molecule has 0 bridgehead atoms. The zero-order valence-corrected chi connectivity index (χ0v) is 14.3. The van der Waals surface area contributed by atoms with Gasteiger partial charge in [0.05, 0.1) is 24.1 Å². The molecule has 24 heavy (non-hydrogen) atoms. The Morgan fingerprint density at radius 3 is 2.75 bits per heavy atom. The zero-order chi connectivity index (χ0) is 16.8. The molecular formula is C19H18N4S. The van der Waals surface area contributed by atoms with Gasteiger partial charge in [-0.2, -0.15) is 5.10 Å². The molecular weight excluding hydrogens is 316 g/mol. The second-order valence-corrected chi connectivity index (χ2v) is 6.05. The molecule has 0 aliphatic rings. The lowest BCUT2D eigenvalue weighted by Gasteiger charge is -2.04. The van der Waals surface area contributed by atoms with Crippen LogP contribution in [0.25, 0.3) is 11.3 Å². The van der Waals surface area contributed by atoms with Crippen molar-refractivity contribution in [3.63, 3.8) is 0 Å². The Labute approximate surface area is 145 Å². The van der Waals surface area contributed by atoms with Gasteiger partial charge in [-0.1, -0.05) is 42.0 Å². The monoisotopic (exact) mass is 334 g/mol. The fourth-order valence-corrected chi connectivity index (χ4v) is 3.00. The van der Waals surface area contributed by atoms with E-state index in [0.29, 0.717) is 6.54 Å². The minimum Gasteiger partial charge on any atom is -0.255 e. The van der Waals surface area contributed by atoms with Gasteiger partial charge >= 0.3 is 0 Å². The Balaban J connectivity index is 2.06. The number of thiazole rings is 1. The van der Waals surface area contributed by atoms with Crippen LogP contribution in [0.15, 0.2) is 76.8 Å². The van der Waals surface area contributed by atoms with Gasteiger partial charge in [-0.3, -0.25) is 9.98 Å². The molecule has 4 nitrogen and oxygen atoms in total. The van der Waals surface area contributed by atoms with Crippen molar-refractivity contribution in [2.75, 3.05) is 6.54 Å².